The van der Waals surface area contributed by atoms with Crippen LogP contribution in [-0.4, -0.2) is 18.2 Å². The van der Waals surface area contributed by atoms with E-state index in [9.17, 15) is 4.79 Å². The molecule has 1 aromatic carbocycles. The highest BCUT2D eigenvalue weighted by Crippen LogP contribution is 2.42. The SMILES string of the molecule is COc1ccccc1C1CCC(CC(=O)O)C1. The van der Waals surface area contributed by atoms with Crippen molar-refractivity contribution in [2.75, 3.05) is 7.11 Å². The van der Waals surface area contributed by atoms with Gasteiger partial charge < -0.3 is 9.84 Å². The third kappa shape index (κ3) is 2.78. The second kappa shape index (κ2) is 5.21. The normalized spacial score (nSPS) is 23.6. The van der Waals surface area contributed by atoms with Crippen molar-refractivity contribution >= 4 is 5.97 Å². The standard InChI is InChI=1S/C14H18O3/c1-17-13-5-3-2-4-12(13)11-7-6-10(8-11)9-14(15)16/h2-5,10-11H,6-9H2,1H3,(H,15,16). The fraction of sp³-hybridized carbons (Fsp3) is 0.500. The van der Waals surface area contributed by atoms with Gasteiger partial charge in [-0.25, -0.2) is 0 Å². The number of methoxy groups -OCH3 is 1. The van der Waals surface area contributed by atoms with Crippen molar-refractivity contribution in [3.63, 3.8) is 0 Å². The number of aliphatic carboxylic acids is 1. The monoisotopic (exact) mass is 234 g/mol. The molecule has 0 bridgehead atoms. The van der Waals surface area contributed by atoms with Crippen LogP contribution in [0.1, 0.15) is 37.2 Å². The van der Waals surface area contributed by atoms with Crippen LogP contribution in [0, 0.1) is 5.92 Å². The van der Waals surface area contributed by atoms with Crippen LogP contribution in [0.4, 0.5) is 0 Å². The van der Waals surface area contributed by atoms with Crippen LogP contribution < -0.4 is 4.74 Å². The summed E-state index contributed by atoms with van der Waals surface area (Å²) in [6, 6.07) is 8.04. The molecule has 1 fully saturated rings. The van der Waals surface area contributed by atoms with Gasteiger partial charge in [0.05, 0.1) is 7.11 Å². The molecule has 1 aromatic rings. The lowest BCUT2D eigenvalue weighted by molar-refractivity contribution is -0.138. The highest BCUT2D eigenvalue weighted by molar-refractivity contribution is 5.67. The molecule has 3 nitrogen and oxygen atoms in total. The van der Waals surface area contributed by atoms with Crippen LogP contribution in [0.15, 0.2) is 24.3 Å². The molecule has 1 aliphatic carbocycles. The lowest BCUT2D eigenvalue weighted by atomic mass is 9.94. The number of rotatable bonds is 4. The Morgan fingerprint density at radius 1 is 1.41 bits per heavy atom. The van der Waals surface area contributed by atoms with Crippen LogP contribution >= 0.6 is 0 Å². The molecule has 0 saturated heterocycles. The molecule has 1 aliphatic rings. The van der Waals surface area contributed by atoms with Gasteiger partial charge in [-0.2, -0.15) is 0 Å². The number of carbonyl (C=O) groups is 1. The maximum atomic E-state index is 10.7. The Hall–Kier alpha value is -1.51. The predicted octanol–water partition coefficient (Wildman–Crippen LogP) is 3.05. The first-order valence-corrected chi connectivity index (χ1v) is 6.05. The van der Waals surface area contributed by atoms with Gasteiger partial charge in [0, 0.05) is 6.42 Å². The summed E-state index contributed by atoms with van der Waals surface area (Å²) in [4.78, 5) is 10.7. The van der Waals surface area contributed by atoms with Gasteiger partial charge in [-0.3, -0.25) is 4.79 Å². The molecule has 2 rings (SSSR count). The largest absolute Gasteiger partial charge is 0.496 e. The van der Waals surface area contributed by atoms with Crippen molar-refractivity contribution in [1.82, 2.24) is 0 Å². The molecule has 2 atom stereocenters. The number of ether oxygens (including phenoxy) is 1. The van der Waals surface area contributed by atoms with Crippen LogP contribution in [-0.2, 0) is 4.79 Å². The van der Waals surface area contributed by atoms with Crippen molar-refractivity contribution < 1.29 is 14.6 Å². The van der Waals surface area contributed by atoms with Gasteiger partial charge in [-0.1, -0.05) is 18.2 Å². The lowest BCUT2D eigenvalue weighted by Gasteiger charge is -2.14. The van der Waals surface area contributed by atoms with Crippen LogP contribution in [0.5, 0.6) is 5.75 Å². The Kier molecular flexibility index (Phi) is 3.67. The zero-order valence-corrected chi connectivity index (χ0v) is 10.1. The van der Waals surface area contributed by atoms with E-state index in [-0.39, 0.29) is 0 Å². The minimum atomic E-state index is -0.685. The van der Waals surface area contributed by atoms with E-state index in [0.29, 0.717) is 18.3 Å². The molecule has 0 aromatic heterocycles. The molecule has 2 unspecified atom stereocenters. The molecular weight excluding hydrogens is 216 g/mol. The van der Waals surface area contributed by atoms with E-state index in [4.69, 9.17) is 9.84 Å². The fourth-order valence-electron chi connectivity index (χ4n) is 2.79. The smallest absolute Gasteiger partial charge is 0.303 e. The van der Waals surface area contributed by atoms with E-state index in [1.807, 2.05) is 18.2 Å². The molecule has 17 heavy (non-hydrogen) atoms. The summed E-state index contributed by atoms with van der Waals surface area (Å²) in [7, 11) is 1.68. The van der Waals surface area contributed by atoms with Gasteiger partial charge in [-0.05, 0) is 42.7 Å². The number of carboxylic acid groups (broad SMARTS) is 1. The third-order valence-electron chi connectivity index (χ3n) is 3.58. The van der Waals surface area contributed by atoms with E-state index in [0.717, 1.165) is 25.0 Å². The number of para-hydroxylation sites is 1. The first-order chi connectivity index (χ1) is 8.20. The van der Waals surface area contributed by atoms with E-state index in [1.165, 1.54) is 5.56 Å². The van der Waals surface area contributed by atoms with Crippen molar-refractivity contribution in [3.8, 4) is 5.75 Å². The van der Waals surface area contributed by atoms with Gasteiger partial charge >= 0.3 is 5.97 Å². The maximum Gasteiger partial charge on any atom is 0.303 e. The quantitative estimate of drug-likeness (QED) is 0.871. The molecule has 0 spiro atoms. The molecular formula is C14H18O3. The predicted molar refractivity (Wildman–Crippen MR) is 65.3 cm³/mol. The Morgan fingerprint density at radius 2 is 2.18 bits per heavy atom. The molecule has 0 amide bonds. The summed E-state index contributed by atoms with van der Waals surface area (Å²) >= 11 is 0. The summed E-state index contributed by atoms with van der Waals surface area (Å²) in [5.74, 6) is 1.02. The molecule has 0 heterocycles. The summed E-state index contributed by atoms with van der Waals surface area (Å²) in [6.07, 6.45) is 3.34. The summed E-state index contributed by atoms with van der Waals surface area (Å²) < 4.78 is 5.36. The first kappa shape index (κ1) is 12.0. The van der Waals surface area contributed by atoms with Crippen molar-refractivity contribution in [2.24, 2.45) is 5.92 Å². The highest BCUT2D eigenvalue weighted by atomic mass is 16.5. The van der Waals surface area contributed by atoms with Gasteiger partial charge in [-0.15, -0.1) is 0 Å². The highest BCUT2D eigenvalue weighted by Gasteiger charge is 2.28. The summed E-state index contributed by atoms with van der Waals surface area (Å²) in [6.45, 7) is 0. The van der Waals surface area contributed by atoms with Gasteiger partial charge in [0.25, 0.3) is 0 Å². The van der Waals surface area contributed by atoms with E-state index in [2.05, 4.69) is 6.07 Å². The molecule has 92 valence electrons. The Morgan fingerprint density at radius 3 is 2.88 bits per heavy atom. The van der Waals surface area contributed by atoms with Crippen LogP contribution in [0.3, 0.4) is 0 Å². The Labute approximate surface area is 101 Å². The fourth-order valence-corrected chi connectivity index (χ4v) is 2.79. The number of carboxylic acids is 1. The minimum absolute atomic E-state index is 0.297. The second-order valence-corrected chi connectivity index (χ2v) is 4.72. The Bertz CT molecular complexity index is 400. The topological polar surface area (TPSA) is 46.5 Å². The minimum Gasteiger partial charge on any atom is -0.496 e. The molecule has 0 aliphatic heterocycles. The van der Waals surface area contributed by atoms with Crippen molar-refractivity contribution in [1.29, 1.82) is 0 Å². The van der Waals surface area contributed by atoms with E-state index in [1.54, 1.807) is 7.11 Å². The number of hydrogen-bond donors (Lipinski definition) is 1. The second-order valence-electron chi connectivity index (χ2n) is 4.72. The van der Waals surface area contributed by atoms with Gasteiger partial charge in [0.2, 0.25) is 0 Å². The Balaban J connectivity index is 2.07. The van der Waals surface area contributed by atoms with E-state index >= 15 is 0 Å². The van der Waals surface area contributed by atoms with Crippen molar-refractivity contribution in [2.45, 2.75) is 31.6 Å². The zero-order chi connectivity index (χ0) is 12.3. The number of hydrogen-bond acceptors (Lipinski definition) is 2. The molecule has 0 radical (unpaired) electrons. The molecule has 3 heteroatoms. The molecule has 1 N–H and O–H groups in total. The lowest BCUT2D eigenvalue weighted by Crippen LogP contribution is -2.04. The van der Waals surface area contributed by atoms with Gasteiger partial charge in [0.15, 0.2) is 0 Å². The summed E-state index contributed by atoms with van der Waals surface area (Å²) in [5.41, 5.74) is 1.22. The summed E-state index contributed by atoms with van der Waals surface area (Å²) in [5, 5.41) is 8.81. The van der Waals surface area contributed by atoms with Gasteiger partial charge in [0.1, 0.15) is 5.75 Å². The average Bonchev–Trinajstić information content (AvgIpc) is 2.76. The first-order valence-electron chi connectivity index (χ1n) is 6.05. The van der Waals surface area contributed by atoms with Crippen molar-refractivity contribution in [3.05, 3.63) is 29.8 Å². The average molecular weight is 234 g/mol. The molecule has 1 saturated carbocycles. The van der Waals surface area contributed by atoms with Crippen LogP contribution in [0.2, 0.25) is 0 Å². The maximum absolute atomic E-state index is 10.7. The van der Waals surface area contributed by atoms with E-state index < -0.39 is 5.97 Å². The number of benzene rings is 1. The van der Waals surface area contributed by atoms with Crippen LogP contribution in [0.25, 0.3) is 0 Å². The zero-order valence-electron chi connectivity index (χ0n) is 10.1. The third-order valence-corrected chi connectivity index (χ3v) is 3.58.